The van der Waals surface area contributed by atoms with Crippen molar-refractivity contribution in [2.75, 3.05) is 0 Å². The molecule has 0 heterocycles. The lowest BCUT2D eigenvalue weighted by atomic mass is 10.2. The predicted molar refractivity (Wildman–Crippen MR) is 74.2 cm³/mol. The number of halogens is 2. The van der Waals surface area contributed by atoms with Crippen LogP contribution in [0.1, 0.15) is 15.9 Å². The Bertz CT molecular complexity index is 705. The van der Waals surface area contributed by atoms with Crippen molar-refractivity contribution >= 4 is 23.6 Å². The molecule has 7 heteroatoms. The Kier molecular flexibility index (Phi) is 4.49. The SMILES string of the molecule is O=Cc1cc(F)ccc1OCc1cc(Cl)ccc1[N+](=O)[O-]. The van der Waals surface area contributed by atoms with Gasteiger partial charge >= 0.3 is 0 Å². The van der Waals surface area contributed by atoms with E-state index in [0.717, 1.165) is 12.1 Å². The molecule has 0 fully saturated rings. The highest BCUT2D eigenvalue weighted by atomic mass is 35.5. The summed E-state index contributed by atoms with van der Waals surface area (Å²) < 4.78 is 18.4. The lowest BCUT2D eigenvalue weighted by Crippen LogP contribution is -2.02. The maximum atomic E-state index is 13.0. The molecule has 2 aromatic rings. The Morgan fingerprint density at radius 2 is 2.05 bits per heavy atom. The van der Waals surface area contributed by atoms with E-state index in [1.807, 2.05) is 0 Å². The van der Waals surface area contributed by atoms with Crippen LogP contribution in [0.15, 0.2) is 36.4 Å². The number of ether oxygens (including phenoxy) is 1. The first-order chi connectivity index (χ1) is 10.0. The highest BCUT2D eigenvalue weighted by Crippen LogP contribution is 2.25. The highest BCUT2D eigenvalue weighted by Gasteiger charge is 2.15. The molecule has 2 rings (SSSR count). The van der Waals surface area contributed by atoms with Gasteiger partial charge in [0.25, 0.3) is 5.69 Å². The number of aldehydes is 1. The Balaban J connectivity index is 2.26. The molecule has 0 unspecified atom stereocenters. The van der Waals surface area contributed by atoms with Gasteiger partial charge in [-0.15, -0.1) is 0 Å². The van der Waals surface area contributed by atoms with E-state index < -0.39 is 10.7 Å². The first-order valence-electron chi connectivity index (χ1n) is 5.81. The molecule has 0 bridgehead atoms. The zero-order chi connectivity index (χ0) is 15.4. The largest absolute Gasteiger partial charge is 0.488 e. The smallest absolute Gasteiger partial charge is 0.276 e. The molecule has 21 heavy (non-hydrogen) atoms. The molecule has 108 valence electrons. The number of nitro groups is 1. The summed E-state index contributed by atoms with van der Waals surface area (Å²) in [6, 6.07) is 7.52. The second-order valence-electron chi connectivity index (χ2n) is 4.12. The van der Waals surface area contributed by atoms with Crippen molar-refractivity contribution in [3.63, 3.8) is 0 Å². The number of hydrogen-bond donors (Lipinski definition) is 0. The van der Waals surface area contributed by atoms with Crippen LogP contribution >= 0.6 is 11.6 Å². The number of rotatable bonds is 5. The maximum absolute atomic E-state index is 13.0. The van der Waals surface area contributed by atoms with Gasteiger partial charge in [-0.05, 0) is 30.3 Å². The molecule has 0 amide bonds. The van der Waals surface area contributed by atoms with Gasteiger partial charge in [-0.2, -0.15) is 0 Å². The van der Waals surface area contributed by atoms with Crippen LogP contribution in [0.25, 0.3) is 0 Å². The van der Waals surface area contributed by atoms with Crippen LogP contribution in [0.3, 0.4) is 0 Å². The van der Waals surface area contributed by atoms with Crippen molar-refractivity contribution in [1.82, 2.24) is 0 Å². The molecule has 0 atom stereocenters. The second kappa shape index (κ2) is 6.32. The Hall–Kier alpha value is -2.47. The normalized spacial score (nSPS) is 10.2. The molecule has 0 saturated heterocycles. The van der Waals surface area contributed by atoms with E-state index in [1.54, 1.807) is 0 Å². The van der Waals surface area contributed by atoms with Gasteiger partial charge in [-0.3, -0.25) is 14.9 Å². The fraction of sp³-hybridized carbons (Fsp3) is 0.0714. The summed E-state index contributed by atoms with van der Waals surface area (Å²) in [5.41, 5.74) is 0.141. The van der Waals surface area contributed by atoms with Crippen molar-refractivity contribution in [3.05, 3.63) is 68.5 Å². The van der Waals surface area contributed by atoms with Crippen molar-refractivity contribution < 1.29 is 18.8 Å². The van der Waals surface area contributed by atoms with E-state index in [2.05, 4.69) is 0 Å². The molecule has 0 spiro atoms. The minimum Gasteiger partial charge on any atom is -0.488 e. The van der Waals surface area contributed by atoms with Gasteiger partial charge < -0.3 is 4.74 Å². The Labute approximate surface area is 124 Å². The third-order valence-corrected chi connectivity index (χ3v) is 2.96. The molecule has 5 nitrogen and oxygen atoms in total. The standard InChI is InChI=1S/C14H9ClFNO4/c15-11-1-3-13(17(19)20)10(5-11)8-21-14-4-2-12(16)6-9(14)7-18/h1-7H,8H2. The summed E-state index contributed by atoms with van der Waals surface area (Å²) in [4.78, 5) is 21.2. The summed E-state index contributed by atoms with van der Waals surface area (Å²) in [5, 5.41) is 11.2. The molecule has 0 aliphatic rings. The number of nitrogens with zero attached hydrogens (tertiary/aromatic N) is 1. The van der Waals surface area contributed by atoms with Gasteiger partial charge in [0.15, 0.2) is 6.29 Å². The molecular weight excluding hydrogens is 301 g/mol. The highest BCUT2D eigenvalue weighted by molar-refractivity contribution is 6.30. The third-order valence-electron chi connectivity index (χ3n) is 2.72. The number of carbonyl (C=O) groups is 1. The van der Waals surface area contributed by atoms with Crippen molar-refractivity contribution in [2.24, 2.45) is 0 Å². The van der Waals surface area contributed by atoms with E-state index in [0.29, 0.717) is 11.3 Å². The minimum absolute atomic E-state index is 0.0275. The zero-order valence-corrected chi connectivity index (χ0v) is 11.3. The molecule has 0 aromatic heterocycles. The molecule has 0 radical (unpaired) electrons. The number of benzene rings is 2. The number of hydrogen-bond acceptors (Lipinski definition) is 4. The van der Waals surface area contributed by atoms with E-state index in [-0.39, 0.29) is 29.2 Å². The Morgan fingerprint density at radius 1 is 1.29 bits per heavy atom. The lowest BCUT2D eigenvalue weighted by molar-refractivity contribution is -0.385. The van der Waals surface area contributed by atoms with E-state index >= 15 is 0 Å². The van der Waals surface area contributed by atoms with E-state index in [1.165, 1.54) is 24.3 Å². The Morgan fingerprint density at radius 3 is 2.71 bits per heavy atom. The van der Waals surface area contributed by atoms with Crippen molar-refractivity contribution in [3.8, 4) is 5.75 Å². The summed E-state index contributed by atoms with van der Waals surface area (Å²) in [5.74, 6) is -0.432. The lowest BCUT2D eigenvalue weighted by Gasteiger charge is -2.09. The van der Waals surface area contributed by atoms with Crippen LogP contribution in [-0.2, 0) is 6.61 Å². The zero-order valence-electron chi connectivity index (χ0n) is 10.6. The summed E-state index contributed by atoms with van der Waals surface area (Å²) >= 11 is 5.80. The maximum Gasteiger partial charge on any atom is 0.276 e. The molecule has 0 saturated carbocycles. The molecular formula is C14H9ClFNO4. The fourth-order valence-corrected chi connectivity index (χ4v) is 1.94. The van der Waals surface area contributed by atoms with E-state index in [9.17, 15) is 19.3 Å². The first kappa shape index (κ1) is 14.9. The molecule has 0 N–H and O–H groups in total. The van der Waals surface area contributed by atoms with Gasteiger partial charge in [0.1, 0.15) is 18.2 Å². The summed E-state index contributed by atoms with van der Waals surface area (Å²) in [7, 11) is 0. The third kappa shape index (κ3) is 3.55. The number of carbonyl (C=O) groups excluding carboxylic acids is 1. The minimum atomic E-state index is -0.571. The van der Waals surface area contributed by atoms with Gasteiger partial charge in [0.2, 0.25) is 0 Å². The van der Waals surface area contributed by atoms with Crippen LogP contribution < -0.4 is 4.74 Å². The molecule has 0 aliphatic carbocycles. The summed E-state index contributed by atoms with van der Waals surface area (Å²) in [6.07, 6.45) is 0.449. The quantitative estimate of drug-likeness (QED) is 0.479. The first-order valence-corrected chi connectivity index (χ1v) is 6.19. The summed E-state index contributed by atoms with van der Waals surface area (Å²) in [6.45, 7) is -0.163. The molecule has 0 aliphatic heterocycles. The van der Waals surface area contributed by atoms with Crippen LogP contribution in [-0.4, -0.2) is 11.2 Å². The van der Waals surface area contributed by atoms with Gasteiger partial charge in [-0.25, -0.2) is 4.39 Å². The van der Waals surface area contributed by atoms with Crippen LogP contribution in [0, 0.1) is 15.9 Å². The average molecular weight is 310 g/mol. The van der Waals surface area contributed by atoms with Crippen molar-refractivity contribution in [2.45, 2.75) is 6.61 Å². The number of nitro benzene ring substituents is 1. The van der Waals surface area contributed by atoms with Crippen LogP contribution in [0.4, 0.5) is 10.1 Å². The van der Waals surface area contributed by atoms with Gasteiger partial charge in [0, 0.05) is 11.1 Å². The van der Waals surface area contributed by atoms with Crippen molar-refractivity contribution in [1.29, 1.82) is 0 Å². The topological polar surface area (TPSA) is 69.4 Å². The van der Waals surface area contributed by atoms with E-state index in [4.69, 9.17) is 16.3 Å². The predicted octanol–water partition coefficient (Wildman–Crippen LogP) is 3.78. The second-order valence-corrected chi connectivity index (χ2v) is 4.56. The fourth-order valence-electron chi connectivity index (χ4n) is 1.75. The molecule has 2 aromatic carbocycles. The van der Waals surface area contributed by atoms with Crippen LogP contribution in [0.2, 0.25) is 5.02 Å². The average Bonchev–Trinajstić information content (AvgIpc) is 2.45. The monoisotopic (exact) mass is 309 g/mol. The van der Waals surface area contributed by atoms with Crippen LogP contribution in [0.5, 0.6) is 5.75 Å². The van der Waals surface area contributed by atoms with Gasteiger partial charge in [0.05, 0.1) is 16.1 Å². The van der Waals surface area contributed by atoms with Gasteiger partial charge in [-0.1, -0.05) is 11.6 Å².